The minimum Gasteiger partial charge on any atom is -0.545 e. The van der Waals surface area contributed by atoms with Crippen molar-refractivity contribution in [2.75, 3.05) is 47.5 Å². The van der Waals surface area contributed by atoms with Crippen molar-refractivity contribution in [1.82, 2.24) is 0 Å². The van der Waals surface area contributed by atoms with Gasteiger partial charge in [-0.25, -0.2) is 0 Å². The zero-order valence-electron chi connectivity index (χ0n) is 69.8. The van der Waals surface area contributed by atoms with Crippen LogP contribution in [0.2, 0.25) is 0 Å². The lowest BCUT2D eigenvalue weighted by atomic mass is 10.0. The number of carboxylic acid groups (broad SMARTS) is 1. The van der Waals surface area contributed by atoms with Crippen LogP contribution in [-0.2, 0) is 33.3 Å². The summed E-state index contributed by atoms with van der Waals surface area (Å²) in [4.78, 5) is 37.7. The predicted molar refractivity (Wildman–Crippen MR) is 454 cm³/mol. The molecule has 0 N–H and O–H groups in total. The molecule has 0 aliphatic heterocycles. The number of unbranched alkanes of at least 4 members (excludes halogenated alkanes) is 51. The Morgan fingerprint density at radius 3 is 0.810 bits per heavy atom. The van der Waals surface area contributed by atoms with Gasteiger partial charge in [-0.1, -0.05) is 438 Å². The summed E-state index contributed by atoms with van der Waals surface area (Å²) >= 11 is 0. The fraction of sp³-hybridized carbons (Fsp3) is 0.781. The number of carbonyl (C=O) groups is 3. The Morgan fingerprint density at radius 2 is 0.543 bits per heavy atom. The summed E-state index contributed by atoms with van der Waals surface area (Å²) in [6, 6.07) is 0. The number of esters is 2. The van der Waals surface area contributed by atoms with Gasteiger partial charge in [-0.15, -0.1) is 0 Å². The third kappa shape index (κ3) is 87.1. The number of nitrogens with zero attached hydrogens (tertiary/aromatic N) is 1. The zero-order valence-corrected chi connectivity index (χ0v) is 69.8. The normalized spacial score (nSPS) is 13.1. The highest BCUT2D eigenvalue weighted by Gasteiger charge is 2.22. The number of rotatable bonds is 84. The zero-order chi connectivity index (χ0) is 76.0. The quantitative estimate of drug-likeness (QED) is 0.0195. The first-order valence-corrected chi connectivity index (χ1v) is 45.0. The van der Waals surface area contributed by atoms with Crippen LogP contribution in [0, 0.1) is 0 Å². The molecular weight excluding hydrogens is 1300 g/mol. The molecule has 0 saturated heterocycles. The topological polar surface area (TPSA) is 111 Å². The summed E-state index contributed by atoms with van der Waals surface area (Å²) < 4.78 is 22.9. The average Bonchev–Trinajstić information content (AvgIpc) is 1.18. The second-order valence-corrected chi connectivity index (χ2v) is 31.5. The van der Waals surface area contributed by atoms with Crippen molar-refractivity contribution < 1.29 is 42.9 Å². The lowest BCUT2D eigenvalue weighted by molar-refractivity contribution is -0.870. The third-order valence-electron chi connectivity index (χ3n) is 20.0. The van der Waals surface area contributed by atoms with Gasteiger partial charge in [0.1, 0.15) is 13.2 Å². The average molecular weight is 1470 g/mol. The van der Waals surface area contributed by atoms with E-state index in [9.17, 15) is 19.5 Å². The summed E-state index contributed by atoms with van der Waals surface area (Å²) in [5.74, 6) is -2.26. The number of carboxylic acids is 1. The molecule has 0 aliphatic carbocycles. The molecule has 0 spiro atoms. The lowest BCUT2D eigenvalue weighted by Crippen LogP contribution is -2.44. The maximum atomic E-state index is 13.0. The summed E-state index contributed by atoms with van der Waals surface area (Å²) in [5.41, 5.74) is 0. The molecule has 0 bridgehead atoms. The molecular formula is C96H171NO8. The van der Waals surface area contributed by atoms with E-state index in [1.807, 2.05) is 21.1 Å². The smallest absolute Gasteiger partial charge is 0.306 e. The molecule has 0 saturated carbocycles. The van der Waals surface area contributed by atoms with Crippen molar-refractivity contribution in [2.24, 2.45) is 0 Å². The minimum atomic E-state index is -1.63. The van der Waals surface area contributed by atoms with Crippen molar-refractivity contribution in [2.45, 2.75) is 437 Å². The van der Waals surface area contributed by atoms with E-state index in [4.69, 9.17) is 18.9 Å². The van der Waals surface area contributed by atoms with E-state index in [2.05, 4.69) is 123 Å². The maximum Gasteiger partial charge on any atom is 0.306 e. The van der Waals surface area contributed by atoms with Crippen LogP contribution < -0.4 is 5.11 Å². The lowest BCUT2D eigenvalue weighted by Gasteiger charge is -2.26. The number of ether oxygens (including phenoxy) is 4. The van der Waals surface area contributed by atoms with Crippen LogP contribution >= 0.6 is 0 Å². The van der Waals surface area contributed by atoms with E-state index in [1.54, 1.807) is 0 Å². The highest BCUT2D eigenvalue weighted by Crippen LogP contribution is 2.20. The standard InChI is InChI=1S/C96H171NO8/c1-6-8-10-12-14-16-18-20-22-24-26-28-30-32-34-36-38-40-42-44-46-47-49-51-53-55-57-59-61-63-65-67-69-71-73-75-77-79-81-83-85-87-94(99)105-92(91-104-96(95(100)101)102-89-88-97(3,4)5)90-103-93(98)86-84-82-80-78-76-74-72-70-68-66-64-62-60-58-56-54-52-50-48-45-43-41-39-37-35-33-31-29-27-25-23-21-19-17-15-13-11-9-7-2/h8,10,14,16,20,22,26,28,32,34,38,40,44,46,49,51,55,57,92,96H,6-7,9,11-13,15,17-19,21,23-25,27,29-31,33,35-37,39,41-43,45,47-48,50,52-54,56,58-91H2,1-5H3/b10-8-,16-14-,22-20-,28-26-,34-32-,40-38-,46-44-,51-49-,57-55-. The summed E-state index contributed by atoms with van der Waals surface area (Å²) in [6.07, 6.45) is 118. The Balaban J connectivity index is 3.96. The first-order chi connectivity index (χ1) is 51.6. The monoisotopic (exact) mass is 1470 g/mol. The summed E-state index contributed by atoms with van der Waals surface area (Å²) in [5, 5.41) is 11.9. The fourth-order valence-corrected chi connectivity index (χ4v) is 13.2. The van der Waals surface area contributed by atoms with Crippen molar-refractivity contribution in [3.63, 3.8) is 0 Å². The van der Waals surface area contributed by atoms with E-state index in [-0.39, 0.29) is 32.2 Å². The molecule has 0 aromatic rings. The molecule has 0 rings (SSSR count). The molecule has 2 unspecified atom stereocenters. The number of hydrogen-bond acceptors (Lipinski definition) is 8. The van der Waals surface area contributed by atoms with Gasteiger partial charge in [0.05, 0.1) is 40.3 Å². The van der Waals surface area contributed by atoms with Gasteiger partial charge >= 0.3 is 11.9 Å². The van der Waals surface area contributed by atoms with Crippen molar-refractivity contribution in [3.8, 4) is 0 Å². The van der Waals surface area contributed by atoms with Gasteiger partial charge in [0.2, 0.25) is 0 Å². The predicted octanol–water partition coefficient (Wildman–Crippen LogP) is 28.3. The van der Waals surface area contributed by atoms with E-state index in [0.717, 1.165) is 96.3 Å². The molecule has 0 amide bonds. The van der Waals surface area contributed by atoms with Crippen LogP contribution in [0.5, 0.6) is 0 Å². The van der Waals surface area contributed by atoms with Crippen molar-refractivity contribution in [3.05, 3.63) is 109 Å². The van der Waals surface area contributed by atoms with Crippen LogP contribution in [0.25, 0.3) is 0 Å². The van der Waals surface area contributed by atoms with Crippen LogP contribution in [-0.4, -0.2) is 82.3 Å². The van der Waals surface area contributed by atoms with E-state index in [0.29, 0.717) is 23.9 Å². The first-order valence-electron chi connectivity index (χ1n) is 45.0. The molecule has 0 aliphatic rings. The molecule has 0 aromatic heterocycles. The molecule has 0 aromatic carbocycles. The number of aliphatic carboxylic acids is 1. The third-order valence-corrected chi connectivity index (χ3v) is 20.0. The van der Waals surface area contributed by atoms with E-state index >= 15 is 0 Å². The Morgan fingerprint density at radius 1 is 0.295 bits per heavy atom. The highest BCUT2D eigenvalue weighted by atomic mass is 16.7. The van der Waals surface area contributed by atoms with Crippen LogP contribution in [0.4, 0.5) is 0 Å². The number of carbonyl (C=O) groups excluding carboxylic acids is 3. The Hall–Kier alpha value is -4.05. The van der Waals surface area contributed by atoms with Crippen LogP contribution in [0.3, 0.4) is 0 Å². The van der Waals surface area contributed by atoms with Gasteiger partial charge in [-0.3, -0.25) is 9.59 Å². The Labute approximate surface area is 651 Å². The molecule has 608 valence electrons. The SMILES string of the molecule is CC/C=C\C/C=C\C/C=C\C/C=C\C/C=C\C/C=C\C/C=C\C/C=C\C/C=C\CCCCCCCCCCCCCCCC(=O)OC(COC(=O)CCCCCCCCCCCCCCCCCCCCCCCCCCCCCCCCCCCCCCCCC)COC(OCC[N+](C)(C)C)C(=O)[O-]. The fourth-order valence-electron chi connectivity index (χ4n) is 13.2. The van der Waals surface area contributed by atoms with Gasteiger partial charge in [-0.2, -0.15) is 0 Å². The largest absolute Gasteiger partial charge is 0.545 e. The maximum absolute atomic E-state index is 13.0. The highest BCUT2D eigenvalue weighted by molar-refractivity contribution is 5.70. The Bertz CT molecular complexity index is 2110. The number of allylic oxidation sites excluding steroid dienone is 18. The second-order valence-electron chi connectivity index (χ2n) is 31.5. The first kappa shape index (κ1) is 101. The van der Waals surface area contributed by atoms with Crippen LogP contribution in [0.15, 0.2) is 109 Å². The van der Waals surface area contributed by atoms with E-state index in [1.165, 1.54) is 295 Å². The van der Waals surface area contributed by atoms with Crippen molar-refractivity contribution in [1.29, 1.82) is 0 Å². The van der Waals surface area contributed by atoms with Gasteiger partial charge in [-0.05, 0) is 83.5 Å². The molecule has 0 heterocycles. The molecule has 9 nitrogen and oxygen atoms in total. The van der Waals surface area contributed by atoms with E-state index < -0.39 is 24.3 Å². The molecule has 2 atom stereocenters. The van der Waals surface area contributed by atoms with Gasteiger partial charge < -0.3 is 33.3 Å². The molecule has 0 radical (unpaired) electrons. The van der Waals surface area contributed by atoms with Gasteiger partial charge in [0.15, 0.2) is 12.4 Å². The minimum absolute atomic E-state index is 0.146. The number of quaternary nitrogens is 1. The summed E-state index contributed by atoms with van der Waals surface area (Å²) in [7, 11) is 5.95. The Kier molecular flexibility index (Phi) is 82.3. The van der Waals surface area contributed by atoms with Crippen molar-refractivity contribution >= 4 is 17.9 Å². The van der Waals surface area contributed by atoms with Crippen LogP contribution in [0.1, 0.15) is 425 Å². The number of hydrogen-bond donors (Lipinski definition) is 0. The number of likely N-dealkylation sites (N-methyl/N-ethyl adjacent to an activating group) is 1. The molecule has 105 heavy (non-hydrogen) atoms. The summed E-state index contributed by atoms with van der Waals surface area (Å²) in [6.45, 7) is 4.69. The molecule has 9 heteroatoms. The van der Waals surface area contributed by atoms with Gasteiger partial charge in [0, 0.05) is 12.8 Å². The second kappa shape index (κ2) is 85.6. The molecule has 0 fully saturated rings. The van der Waals surface area contributed by atoms with Gasteiger partial charge in [0.25, 0.3) is 0 Å².